The predicted molar refractivity (Wildman–Crippen MR) is 183 cm³/mol. The number of epoxide rings is 1. The van der Waals surface area contributed by atoms with Crippen molar-refractivity contribution >= 4 is 19.8 Å². The van der Waals surface area contributed by atoms with E-state index in [0.717, 1.165) is 51.4 Å². The van der Waals surface area contributed by atoms with Crippen molar-refractivity contribution < 1.29 is 42.7 Å². The molecule has 0 aromatic heterocycles. The molecule has 0 aliphatic carbocycles. The molecule has 0 saturated carbocycles. The highest BCUT2D eigenvalue weighted by Crippen LogP contribution is 2.36. The highest BCUT2D eigenvalue weighted by Gasteiger charge is 2.36. The Balaban J connectivity index is 2.15. The lowest BCUT2D eigenvalue weighted by Gasteiger charge is -2.18. The van der Waals surface area contributed by atoms with E-state index < -0.39 is 32.5 Å². The summed E-state index contributed by atoms with van der Waals surface area (Å²) in [5.74, 6) is -0.959. The molecule has 1 aliphatic heterocycles. The Labute approximate surface area is 278 Å². The van der Waals surface area contributed by atoms with E-state index in [-0.39, 0.29) is 19.4 Å². The summed E-state index contributed by atoms with van der Waals surface area (Å²) in [5, 5.41) is 0. The molecule has 1 heterocycles. The van der Waals surface area contributed by atoms with Gasteiger partial charge in [-0.25, -0.2) is 4.57 Å². The second-order valence-corrected chi connectivity index (χ2v) is 13.5. The van der Waals surface area contributed by atoms with Crippen molar-refractivity contribution in [3.8, 4) is 0 Å². The Kier molecular flexibility index (Phi) is 26.0. The first-order chi connectivity index (χ1) is 22.2. The zero-order chi connectivity index (χ0) is 33.7. The van der Waals surface area contributed by atoms with E-state index in [4.69, 9.17) is 24.0 Å². The number of ether oxygens (including phenoxy) is 3. The van der Waals surface area contributed by atoms with Crippen LogP contribution in [0.4, 0.5) is 0 Å². The Hall–Kier alpha value is -1.77. The molecule has 46 heavy (non-hydrogen) atoms. The van der Waals surface area contributed by atoms with Crippen molar-refractivity contribution in [2.45, 2.75) is 167 Å². The second-order valence-electron chi connectivity index (χ2n) is 12.2. The normalized spacial score (nSPS) is 17.3. The molecule has 0 aromatic rings. The quantitative estimate of drug-likeness (QED) is 0.0244. The fourth-order valence-electron chi connectivity index (χ4n) is 4.99. The molecule has 2 N–H and O–H groups in total. The molecule has 10 heteroatoms. The third-order valence-electron chi connectivity index (χ3n) is 7.81. The van der Waals surface area contributed by atoms with E-state index in [0.29, 0.717) is 25.0 Å². The molecular weight excluding hydrogens is 607 g/mol. The van der Waals surface area contributed by atoms with Gasteiger partial charge in [0.2, 0.25) is 0 Å². The van der Waals surface area contributed by atoms with Crippen LogP contribution >= 0.6 is 7.82 Å². The molecule has 9 nitrogen and oxygen atoms in total. The number of hydrogen-bond donors (Lipinski definition) is 2. The van der Waals surface area contributed by atoms with Crippen molar-refractivity contribution in [1.29, 1.82) is 0 Å². The van der Waals surface area contributed by atoms with Crippen LogP contribution < -0.4 is 0 Å². The van der Waals surface area contributed by atoms with Gasteiger partial charge >= 0.3 is 19.8 Å². The summed E-state index contributed by atoms with van der Waals surface area (Å²) < 4.78 is 31.9. The van der Waals surface area contributed by atoms with Crippen molar-refractivity contribution in [1.82, 2.24) is 0 Å². The first kappa shape index (κ1) is 42.3. The minimum Gasteiger partial charge on any atom is -0.462 e. The van der Waals surface area contributed by atoms with Crippen LogP contribution in [0, 0.1) is 0 Å². The van der Waals surface area contributed by atoms with Crippen molar-refractivity contribution in [3.05, 3.63) is 36.5 Å². The maximum Gasteiger partial charge on any atom is 0.469 e. The smallest absolute Gasteiger partial charge is 0.462 e. The highest BCUT2D eigenvalue weighted by atomic mass is 31.2. The topological polar surface area (TPSA) is 132 Å². The van der Waals surface area contributed by atoms with Crippen LogP contribution in [0.15, 0.2) is 36.5 Å². The third-order valence-corrected chi connectivity index (χ3v) is 8.30. The van der Waals surface area contributed by atoms with Crippen LogP contribution in [0.25, 0.3) is 0 Å². The molecule has 0 bridgehead atoms. The minimum absolute atomic E-state index is 0.187. The zero-order valence-electron chi connectivity index (χ0n) is 28.7. The summed E-state index contributed by atoms with van der Waals surface area (Å²) in [7, 11) is -4.76. The number of rotatable bonds is 31. The van der Waals surface area contributed by atoms with Gasteiger partial charge in [-0.05, 0) is 51.4 Å². The van der Waals surface area contributed by atoms with E-state index in [2.05, 4.69) is 48.8 Å². The van der Waals surface area contributed by atoms with Gasteiger partial charge in [0.25, 0.3) is 0 Å². The van der Waals surface area contributed by atoms with E-state index in [9.17, 15) is 14.2 Å². The van der Waals surface area contributed by atoms with E-state index in [1.54, 1.807) is 0 Å². The Morgan fingerprint density at radius 2 is 1.20 bits per heavy atom. The van der Waals surface area contributed by atoms with Gasteiger partial charge in [0.15, 0.2) is 6.10 Å². The molecule has 2 unspecified atom stereocenters. The largest absolute Gasteiger partial charge is 0.469 e. The van der Waals surface area contributed by atoms with E-state index in [1.807, 2.05) is 6.08 Å². The van der Waals surface area contributed by atoms with Gasteiger partial charge in [0, 0.05) is 12.8 Å². The second kappa shape index (κ2) is 28.3. The summed E-state index contributed by atoms with van der Waals surface area (Å²) in [4.78, 5) is 42.5. The fraction of sp³-hybridized carbons (Fsp3) is 0.778. The molecule has 0 radical (unpaired) electrons. The lowest BCUT2D eigenvalue weighted by molar-refractivity contribution is -0.161. The number of unbranched alkanes of at least 4 members (excludes halogenated alkanes) is 13. The molecule has 3 atom stereocenters. The van der Waals surface area contributed by atoms with Gasteiger partial charge in [-0.2, -0.15) is 0 Å². The first-order valence-corrected chi connectivity index (χ1v) is 19.4. The molecule has 1 aliphatic rings. The Morgan fingerprint density at radius 1 is 0.674 bits per heavy atom. The van der Waals surface area contributed by atoms with Gasteiger partial charge in [0.1, 0.15) is 6.61 Å². The average molecular weight is 671 g/mol. The molecular formula is C36H63O9P. The summed E-state index contributed by atoms with van der Waals surface area (Å²) in [6.45, 7) is 3.56. The van der Waals surface area contributed by atoms with Crippen LogP contribution in [-0.4, -0.2) is 53.3 Å². The lowest BCUT2D eigenvalue weighted by atomic mass is 10.1. The average Bonchev–Trinajstić information content (AvgIpc) is 3.77. The standard InChI is InChI=1S/C36H63O9P/c1-3-5-7-9-11-12-13-16-21-25-29-36(38)44-32(31-43-46(39,40)41)30-42-35(37)28-24-20-17-14-15-19-23-27-34-33(45-34)26-22-18-10-8-6-4-2/h14,17-19,22-23,32-34H,3-13,15-16,20-21,24-31H2,1-2H3,(H2,39,40,41)/b17-14-,22-18-,23-19-/t32-,33?,34?/m1/s1. The number of carbonyl (C=O) groups excluding carboxylic acids is 2. The summed E-state index contributed by atoms with van der Waals surface area (Å²) in [5.41, 5.74) is 0. The summed E-state index contributed by atoms with van der Waals surface area (Å²) >= 11 is 0. The number of allylic oxidation sites excluding steroid dienone is 4. The highest BCUT2D eigenvalue weighted by molar-refractivity contribution is 7.46. The minimum atomic E-state index is -4.76. The van der Waals surface area contributed by atoms with Crippen LogP contribution in [-0.2, 0) is 32.9 Å². The van der Waals surface area contributed by atoms with Crippen LogP contribution in [0.1, 0.15) is 149 Å². The van der Waals surface area contributed by atoms with Gasteiger partial charge < -0.3 is 24.0 Å². The van der Waals surface area contributed by atoms with Crippen LogP contribution in [0.2, 0.25) is 0 Å². The van der Waals surface area contributed by atoms with Gasteiger partial charge in [-0.1, -0.05) is 121 Å². The number of phosphoric ester groups is 1. The van der Waals surface area contributed by atoms with Crippen LogP contribution in [0.3, 0.4) is 0 Å². The first-order valence-electron chi connectivity index (χ1n) is 17.9. The molecule has 0 amide bonds. The third kappa shape index (κ3) is 27.4. The SMILES string of the molecule is CCCCC/C=C\CC1OC1C/C=C\C/C=C\CCCC(=O)OC[C@H](COP(=O)(O)O)OC(=O)CCCCCCCCCCCC. The van der Waals surface area contributed by atoms with Crippen molar-refractivity contribution in [2.24, 2.45) is 0 Å². The Morgan fingerprint density at radius 3 is 1.85 bits per heavy atom. The molecule has 0 spiro atoms. The lowest BCUT2D eigenvalue weighted by Crippen LogP contribution is -2.29. The zero-order valence-corrected chi connectivity index (χ0v) is 29.6. The fourth-order valence-corrected chi connectivity index (χ4v) is 5.35. The molecule has 1 rings (SSSR count). The van der Waals surface area contributed by atoms with E-state index in [1.165, 1.54) is 57.8 Å². The van der Waals surface area contributed by atoms with E-state index >= 15 is 0 Å². The maximum absolute atomic E-state index is 12.3. The predicted octanol–water partition coefficient (Wildman–Crippen LogP) is 9.22. The summed E-state index contributed by atoms with van der Waals surface area (Å²) in [6, 6.07) is 0. The van der Waals surface area contributed by atoms with Crippen molar-refractivity contribution in [2.75, 3.05) is 13.2 Å². The number of carbonyl (C=O) groups is 2. The molecule has 0 aromatic carbocycles. The number of hydrogen-bond acceptors (Lipinski definition) is 7. The van der Waals surface area contributed by atoms with Crippen LogP contribution in [0.5, 0.6) is 0 Å². The van der Waals surface area contributed by atoms with Gasteiger partial charge in [-0.15, -0.1) is 0 Å². The molecule has 1 saturated heterocycles. The van der Waals surface area contributed by atoms with Gasteiger partial charge in [-0.3, -0.25) is 14.1 Å². The number of esters is 2. The summed E-state index contributed by atoms with van der Waals surface area (Å²) in [6.07, 6.45) is 33.4. The monoisotopic (exact) mass is 670 g/mol. The molecule has 266 valence electrons. The Bertz CT molecular complexity index is 911. The maximum atomic E-state index is 12.3. The van der Waals surface area contributed by atoms with Crippen molar-refractivity contribution in [3.63, 3.8) is 0 Å². The molecule has 1 fully saturated rings. The van der Waals surface area contributed by atoms with Gasteiger partial charge in [0.05, 0.1) is 18.8 Å². The number of phosphoric acid groups is 1.